The van der Waals surface area contributed by atoms with Crippen molar-refractivity contribution < 1.29 is 24.2 Å². The van der Waals surface area contributed by atoms with Gasteiger partial charge in [-0.3, -0.25) is 14.5 Å². The summed E-state index contributed by atoms with van der Waals surface area (Å²) in [5, 5.41) is 10.5. The highest BCUT2D eigenvalue weighted by molar-refractivity contribution is 5.95. The number of nitrogens with two attached hydrogens (primary N) is 1. The Kier molecular flexibility index (Phi) is 8.95. The van der Waals surface area contributed by atoms with E-state index in [0.717, 1.165) is 35.3 Å². The quantitative estimate of drug-likeness (QED) is 0.343. The Morgan fingerprint density at radius 3 is 2.66 bits per heavy atom. The minimum Gasteiger partial charge on any atom is -0.481 e. The molecule has 0 bridgehead atoms. The number of amides is 1. The van der Waals surface area contributed by atoms with Gasteiger partial charge in [0, 0.05) is 56.2 Å². The first-order valence-corrected chi connectivity index (χ1v) is 14.5. The highest BCUT2D eigenvalue weighted by Crippen LogP contribution is 2.43. The van der Waals surface area contributed by atoms with Gasteiger partial charge in [-0.25, -0.2) is 0 Å². The third-order valence-corrected chi connectivity index (χ3v) is 8.44. The molecule has 1 saturated heterocycles. The number of benzene rings is 2. The van der Waals surface area contributed by atoms with Gasteiger partial charge in [0.1, 0.15) is 0 Å². The molecule has 1 amide bonds. The van der Waals surface area contributed by atoms with Crippen molar-refractivity contribution in [3.63, 3.8) is 0 Å². The first-order valence-electron chi connectivity index (χ1n) is 14.5. The summed E-state index contributed by atoms with van der Waals surface area (Å²) in [5.41, 5.74) is 9.71. The van der Waals surface area contributed by atoms with Crippen LogP contribution >= 0.6 is 0 Å². The summed E-state index contributed by atoms with van der Waals surface area (Å²) in [6.45, 7) is 3.86. The fourth-order valence-electron chi connectivity index (χ4n) is 6.21. The van der Waals surface area contributed by atoms with Gasteiger partial charge in [0.2, 0.25) is 12.7 Å². The van der Waals surface area contributed by atoms with Crippen molar-refractivity contribution in [1.82, 2.24) is 9.47 Å². The number of nitrogens with zero attached hydrogens (tertiary/aromatic N) is 3. The molecule has 0 spiro atoms. The average molecular weight is 561 g/mol. The first kappa shape index (κ1) is 28.7. The number of hydrogen-bond acceptors (Lipinski definition) is 6. The van der Waals surface area contributed by atoms with Gasteiger partial charge in [-0.05, 0) is 66.8 Å². The van der Waals surface area contributed by atoms with Gasteiger partial charge >= 0.3 is 5.97 Å². The molecule has 3 atom stereocenters. The Bertz CT molecular complexity index is 1370. The second kappa shape index (κ2) is 12.8. The number of likely N-dealkylation sites (tertiary alicyclic amines) is 1. The van der Waals surface area contributed by atoms with Gasteiger partial charge in [-0.2, -0.15) is 0 Å². The van der Waals surface area contributed by atoms with E-state index >= 15 is 0 Å². The minimum absolute atomic E-state index is 0.0352. The second-order valence-corrected chi connectivity index (χ2v) is 11.0. The molecule has 1 fully saturated rings. The predicted molar refractivity (Wildman–Crippen MR) is 157 cm³/mol. The number of unbranched alkanes of at least 4 members (excludes halogenated alkanes) is 1. The Hall–Kier alpha value is -3.82. The van der Waals surface area contributed by atoms with E-state index in [2.05, 4.69) is 22.5 Å². The van der Waals surface area contributed by atoms with Crippen LogP contribution in [0.5, 0.6) is 11.5 Å². The van der Waals surface area contributed by atoms with Gasteiger partial charge in [-0.15, -0.1) is 0 Å². The number of rotatable bonds is 12. The molecule has 9 nitrogen and oxygen atoms in total. The van der Waals surface area contributed by atoms with Crippen molar-refractivity contribution in [1.29, 1.82) is 0 Å². The molecule has 3 N–H and O–H groups in total. The van der Waals surface area contributed by atoms with Crippen LogP contribution in [0, 0.1) is 5.92 Å². The number of ether oxygens (including phenoxy) is 2. The second-order valence-electron chi connectivity index (χ2n) is 11.0. The van der Waals surface area contributed by atoms with E-state index in [9.17, 15) is 14.7 Å². The zero-order chi connectivity index (χ0) is 28.9. The summed E-state index contributed by atoms with van der Waals surface area (Å²) in [6, 6.07) is 17.2. The Morgan fingerprint density at radius 1 is 1.10 bits per heavy atom. The summed E-state index contributed by atoms with van der Waals surface area (Å²) in [5.74, 6) is -0.555. The summed E-state index contributed by atoms with van der Waals surface area (Å²) >= 11 is 0. The van der Waals surface area contributed by atoms with E-state index in [-0.39, 0.29) is 31.2 Å². The smallest absolute Gasteiger partial charge is 0.308 e. The molecule has 0 saturated carbocycles. The van der Waals surface area contributed by atoms with Crippen LogP contribution in [0.15, 0.2) is 60.8 Å². The molecular weight excluding hydrogens is 520 g/mol. The summed E-state index contributed by atoms with van der Waals surface area (Å²) in [7, 11) is 2.00. The van der Waals surface area contributed by atoms with E-state index in [4.69, 9.17) is 15.2 Å². The van der Waals surface area contributed by atoms with Crippen molar-refractivity contribution in [3.8, 4) is 11.5 Å². The molecule has 2 aliphatic heterocycles. The number of carboxylic acid groups (broad SMARTS) is 1. The molecule has 2 aromatic carbocycles. The number of fused-ring (bicyclic) bond motifs is 1. The van der Waals surface area contributed by atoms with Crippen molar-refractivity contribution >= 4 is 17.6 Å². The third kappa shape index (κ3) is 6.26. The maximum absolute atomic E-state index is 14.0. The Balaban J connectivity index is 1.44. The van der Waals surface area contributed by atoms with E-state index in [0.29, 0.717) is 44.0 Å². The van der Waals surface area contributed by atoms with Crippen LogP contribution in [0.4, 0.5) is 5.69 Å². The molecule has 1 unspecified atom stereocenters. The van der Waals surface area contributed by atoms with Crippen LogP contribution in [0.25, 0.3) is 0 Å². The molecule has 3 heterocycles. The van der Waals surface area contributed by atoms with E-state index in [1.165, 1.54) is 0 Å². The van der Waals surface area contributed by atoms with Gasteiger partial charge in [0.15, 0.2) is 11.5 Å². The molecule has 0 aliphatic carbocycles. The molecule has 1 aromatic heterocycles. The Morgan fingerprint density at radius 2 is 1.93 bits per heavy atom. The molecule has 41 heavy (non-hydrogen) atoms. The van der Waals surface area contributed by atoms with Crippen LogP contribution in [0.1, 0.15) is 48.9 Å². The van der Waals surface area contributed by atoms with Crippen molar-refractivity contribution in [2.24, 2.45) is 18.7 Å². The average Bonchev–Trinajstić information content (AvgIpc) is 3.70. The maximum Gasteiger partial charge on any atom is 0.308 e. The molecular formula is C32H40N4O5. The lowest BCUT2D eigenvalue weighted by atomic mass is 9.83. The number of anilines is 1. The molecule has 218 valence electrons. The lowest BCUT2D eigenvalue weighted by Crippen LogP contribution is -2.44. The normalized spacial score (nSPS) is 19.9. The van der Waals surface area contributed by atoms with Crippen LogP contribution in [-0.4, -0.2) is 58.9 Å². The van der Waals surface area contributed by atoms with Gasteiger partial charge < -0.3 is 29.8 Å². The number of carbonyl (C=O) groups is 2. The zero-order valence-corrected chi connectivity index (χ0v) is 23.9. The maximum atomic E-state index is 14.0. The molecule has 5 rings (SSSR count). The highest BCUT2D eigenvalue weighted by atomic mass is 16.7. The lowest BCUT2D eigenvalue weighted by Gasteiger charge is -2.30. The molecule has 0 radical (unpaired) electrons. The SMILES string of the molecule is CCCCN(C(=O)CN1C[C@H](c2ccc3c(c2)OCO3)C(C(=O)O)[C@@H]1CCc1cccn1C)c1cccc(CN)c1. The van der Waals surface area contributed by atoms with Crippen LogP contribution in [0.3, 0.4) is 0 Å². The monoisotopic (exact) mass is 560 g/mol. The first-order chi connectivity index (χ1) is 19.9. The van der Waals surface area contributed by atoms with Crippen LogP contribution < -0.4 is 20.1 Å². The zero-order valence-electron chi connectivity index (χ0n) is 23.9. The number of hydrogen-bond donors (Lipinski definition) is 2. The van der Waals surface area contributed by atoms with E-state index in [1.54, 1.807) is 0 Å². The minimum atomic E-state index is -0.849. The van der Waals surface area contributed by atoms with Gasteiger partial charge in [0.05, 0.1) is 12.5 Å². The number of aryl methyl sites for hydroxylation is 2. The summed E-state index contributed by atoms with van der Waals surface area (Å²) in [6.07, 6.45) is 5.16. The largest absolute Gasteiger partial charge is 0.481 e. The number of carbonyl (C=O) groups excluding carboxylic acids is 1. The topological polar surface area (TPSA) is 110 Å². The standard InChI is InChI=1S/C32H40N4O5/c1-3-4-15-36(25-8-5-7-22(16-25)18-33)30(37)20-35-19-26(23-10-13-28-29(17-23)41-21-40-28)31(32(38)39)27(35)12-11-24-9-6-14-34(24)2/h5-10,13-14,16-17,26-27,31H,3-4,11-12,15,18-21,33H2,1-2H3,(H,38,39)/t26-,27+,31?/m1/s1. The van der Waals surface area contributed by atoms with Crippen molar-refractivity contribution in [3.05, 3.63) is 77.6 Å². The summed E-state index contributed by atoms with van der Waals surface area (Å²) in [4.78, 5) is 30.8. The highest BCUT2D eigenvalue weighted by Gasteiger charge is 2.47. The molecule has 3 aromatic rings. The predicted octanol–water partition coefficient (Wildman–Crippen LogP) is 4.15. The summed E-state index contributed by atoms with van der Waals surface area (Å²) < 4.78 is 13.1. The van der Waals surface area contributed by atoms with Crippen LogP contribution in [0.2, 0.25) is 0 Å². The number of carboxylic acids is 1. The lowest BCUT2D eigenvalue weighted by molar-refractivity contribution is -0.143. The molecule has 2 aliphatic rings. The van der Waals surface area contributed by atoms with E-state index < -0.39 is 11.9 Å². The van der Waals surface area contributed by atoms with Gasteiger partial charge in [0.25, 0.3) is 0 Å². The van der Waals surface area contributed by atoms with E-state index in [1.807, 2.05) is 66.7 Å². The number of aromatic nitrogens is 1. The van der Waals surface area contributed by atoms with Crippen molar-refractivity contribution in [2.75, 3.05) is 31.3 Å². The van der Waals surface area contributed by atoms with Crippen LogP contribution in [-0.2, 0) is 29.6 Å². The fraction of sp³-hybridized carbons (Fsp3) is 0.438. The fourth-order valence-corrected chi connectivity index (χ4v) is 6.21. The third-order valence-electron chi connectivity index (χ3n) is 8.44. The van der Waals surface area contributed by atoms with Gasteiger partial charge in [-0.1, -0.05) is 31.5 Å². The van der Waals surface area contributed by atoms with Crippen molar-refractivity contribution in [2.45, 2.75) is 51.1 Å². The number of aliphatic carboxylic acids is 1. The Labute approximate surface area is 241 Å². The molecule has 9 heteroatoms.